The van der Waals surface area contributed by atoms with E-state index in [1.165, 1.54) is 0 Å². The predicted molar refractivity (Wildman–Crippen MR) is 175 cm³/mol. The zero-order valence-corrected chi connectivity index (χ0v) is 27.8. The number of aliphatic carboxylic acids is 2. The van der Waals surface area contributed by atoms with E-state index in [9.17, 15) is 35.9 Å². The fourth-order valence-corrected chi connectivity index (χ4v) is 5.22. The molecule has 0 aliphatic carbocycles. The van der Waals surface area contributed by atoms with E-state index in [1.54, 1.807) is 29.7 Å². The summed E-state index contributed by atoms with van der Waals surface area (Å²) >= 11 is 0. The summed E-state index contributed by atoms with van der Waals surface area (Å²) in [5.41, 5.74) is 6.27. The zero-order valence-electron chi connectivity index (χ0n) is 27.8. The molecule has 5 rings (SSSR count). The van der Waals surface area contributed by atoms with Crippen molar-refractivity contribution in [1.29, 1.82) is 0 Å². The third-order valence-electron chi connectivity index (χ3n) is 7.63. The number of amides is 2. The largest absolute Gasteiger partial charge is 0.490 e. The van der Waals surface area contributed by atoms with E-state index in [4.69, 9.17) is 29.7 Å². The molecule has 53 heavy (non-hydrogen) atoms. The van der Waals surface area contributed by atoms with Crippen molar-refractivity contribution >= 4 is 34.7 Å². The molecule has 1 aliphatic rings. The van der Waals surface area contributed by atoms with Crippen LogP contribution in [0.4, 0.5) is 26.3 Å². The number of hydrogen-bond donors (Lipinski definition) is 5. The molecular weight excluding hydrogens is 718 g/mol. The van der Waals surface area contributed by atoms with Crippen LogP contribution in [-0.4, -0.2) is 74.1 Å². The number of ether oxygens (including phenoxy) is 1. The lowest BCUT2D eigenvalue weighted by atomic mass is 10.0. The topological polar surface area (TPSA) is 178 Å². The fraction of sp³-hybridized carbons (Fsp3) is 0.286. The van der Waals surface area contributed by atoms with Gasteiger partial charge in [0.1, 0.15) is 12.4 Å². The molecule has 0 bridgehead atoms. The first-order chi connectivity index (χ1) is 24.9. The van der Waals surface area contributed by atoms with E-state index >= 15 is 0 Å². The third kappa shape index (κ3) is 13.1. The Morgan fingerprint density at radius 1 is 0.868 bits per heavy atom. The monoisotopic (exact) mass is 752 g/mol. The number of aromatic nitrogens is 1. The van der Waals surface area contributed by atoms with Crippen molar-refractivity contribution in [3.8, 4) is 5.75 Å². The van der Waals surface area contributed by atoms with E-state index in [0.717, 1.165) is 40.7 Å². The summed E-state index contributed by atoms with van der Waals surface area (Å²) < 4.78 is 69.5. The van der Waals surface area contributed by atoms with E-state index in [2.05, 4.69) is 15.2 Å². The average Bonchev–Trinajstić information content (AvgIpc) is 3.46. The molecule has 3 aromatic carbocycles. The molecule has 2 heterocycles. The molecule has 12 nitrogen and oxygen atoms in total. The van der Waals surface area contributed by atoms with E-state index in [1.807, 2.05) is 67.6 Å². The first-order valence-corrected chi connectivity index (χ1v) is 15.6. The van der Waals surface area contributed by atoms with Crippen LogP contribution in [0.1, 0.15) is 40.0 Å². The maximum absolute atomic E-state index is 13.2. The Morgan fingerprint density at radius 2 is 1.43 bits per heavy atom. The van der Waals surface area contributed by atoms with Crippen molar-refractivity contribution in [3.63, 3.8) is 0 Å². The van der Waals surface area contributed by atoms with Crippen molar-refractivity contribution in [2.75, 3.05) is 6.54 Å². The van der Waals surface area contributed by atoms with Crippen molar-refractivity contribution in [1.82, 2.24) is 20.7 Å². The van der Waals surface area contributed by atoms with Gasteiger partial charge in [0, 0.05) is 47.6 Å². The second-order valence-corrected chi connectivity index (χ2v) is 11.5. The molecule has 2 amide bonds. The summed E-state index contributed by atoms with van der Waals surface area (Å²) in [5.74, 6) is -5.66. The van der Waals surface area contributed by atoms with Crippen LogP contribution in [0, 0.1) is 12.8 Å². The number of aryl methyl sites for hydroxylation is 1. The summed E-state index contributed by atoms with van der Waals surface area (Å²) in [5, 5.41) is 27.5. The minimum Gasteiger partial charge on any atom is -0.489 e. The van der Waals surface area contributed by atoms with Gasteiger partial charge < -0.3 is 20.3 Å². The van der Waals surface area contributed by atoms with Gasteiger partial charge in [0.2, 0.25) is 5.91 Å². The Hall–Kier alpha value is -5.75. The normalized spacial score (nSPS) is 15.6. The van der Waals surface area contributed by atoms with Crippen LogP contribution in [0.2, 0.25) is 0 Å². The summed E-state index contributed by atoms with van der Waals surface area (Å²) in [7, 11) is 0. The van der Waals surface area contributed by atoms with Gasteiger partial charge in [-0.25, -0.2) is 15.1 Å². The Bertz CT molecular complexity index is 1830. The predicted octanol–water partition coefficient (Wildman–Crippen LogP) is 5.86. The standard InChI is InChI=1S/C31H32N4O4.2C2HF3O2/c1-21-17-25(27-9-5-6-10-28(27)32-21)20-39-26-13-11-23(12-14-26)31(37)33-30-24(18-29(36)34-38)15-16-35(30)19-22-7-3-2-4-8-22;2*3-2(4,5)1(6)7/h2-14,17,24,30,38H,15-16,18-20H2,1H3,(H,33,37)(H,34,36);2*(H,6,7)/t24-,30?;;/m1../s1. The molecule has 5 N–H and O–H groups in total. The summed E-state index contributed by atoms with van der Waals surface area (Å²) in [6.45, 7) is 3.74. The minimum atomic E-state index is -5.08. The van der Waals surface area contributed by atoms with Crippen LogP contribution in [0.3, 0.4) is 0 Å². The zero-order chi connectivity index (χ0) is 39.3. The van der Waals surface area contributed by atoms with Crippen molar-refractivity contribution in [2.24, 2.45) is 5.92 Å². The van der Waals surface area contributed by atoms with Gasteiger partial charge >= 0.3 is 24.3 Å². The lowest BCUT2D eigenvalue weighted by Crippen LogP contribution is -2.48. The van der Waals surface area contributed by atoms with Gasteiger partial charge in [0.05, 0.1) is 11.7 Å². The number of pyridine rings is 1. The smallest absolute Gasteiger partial charge is 0.489 e. The number of likely N-dealkylation sites (tertiary alicyclic amines) is 1. The van der Waals surface area contributed by atoms with Crippen LogP contribution in [0.25, 0.3) is 10.9 Å². The van der Waals surface area contributed by atoms with Crippen molar-refractivity contribution in [2.45, 2.75) is 51.4 Å². The summed E-state index contributed by atoms with van der Waals surface area (Å²) in [4.78, 5) is 49.7. The van der Waals surface area contributed by atoms with Gasteiger partial charge in [-0.3, -0.25) is 24.7 Å². The highest BCUT2D eigenvalue weighted by Crippen LogP contribution is 2.28. The number of carboxylic acids is 2. The van der Waals surface area contributed by atoms with Crippen LogP contribution in [0.5, 0.6) is 5.75 Å². The Balaban J connectivity index is 0.000000458. The summed E-state index contributed by atoms with van der Waals surface area (Å²) in [6, 6.07) is 27.1. The highest BCUT2D eigenvalue weighted by molar-refractivity contribution is 5.94. The van der Waals surface area contributed by atoms with Crippen LogP contribution < -0.4 is 15.5 Å². The molecular formula is C35H34F6N4O8. The second-order valence-electron chi connectivity index (χ2n) is 11.5. The van der Waals surface area contributed by atoms with Gasteiger partial charge in [0.15, 0.2) is 0 Å². The fourth-order valence-electron chi connectivity index (χ4n) is 5.22. The molecule has 18 heteroatoms. The quantitative estimate of drug-likeness (QED) is 0.0790. The van der Waals surface area contributed by atoms with Gasteiger partial charge in [0.25, 0.3) is 5.91 Å². The highest BCUT2D eigenvalue weighted by Gasteiger charge is 2.39. The van der Waals surface area contributed by atoms with Gasteiger partial charge in [-0.15, -0.1) is 0 Å². The molecule has 1 aromatic heterocycles. The van der Waals surface area contributed by atoms with Gasteiger partial charge in [-0.05, 0) is 55.3 Å². The number of nitrogens with one attached hydrogen (secondary N) is 2. The number of fused-ring (bicyclic) bond motifs is 1. The maximum Gasteiger partial charge on any atom is 0.490 e. The van der Waals surface area contributed by atoms with Crippen LogP contribution >= 0.6 is 0 Å². The number of hydrogen-bond acceptors (Lipinski definition) is 8. The molecule has 1 unspecified atom stereocenters. The lowest BCUT2D eigenvalue weighted by molar-refractivity contribution is -0.193. The van der Waals surface area contributed by atoms with Gasteiger partial charge in [-0.2, -0.15) is 26.3 Å². The molecule has 1 aliphatic heterocycles. The number of halogens is 6. The number of hydroxylamine groups is 1. The average molecular weight is 753 g/mol. The first-order valence-electron chi connectivity index (χ1n) is 15.6. The molecule has 284 valence electrons. The third-order valence-corrected chi connectivity index (χ3v) is 7.63. The number of para-hydroxylation sites is 1. The minimum absolute atomic E-state index is 0.119. The molecule has 4 aromatic rings. The Kier molecular flexibility index (Phi) is 14.7. The molecule has 2 atom stereocenters. The lowest BCUT2D eigenvalue weighted by Gasteiger charge is -2.29. The highest BCUT2D eigenvalue weighted by atomic mass is 19.4. The molecule has 1 fully saturated rings. The molecule has 1 saturated heterocycles. The Labute approximate surface area is 298 Å². The molecule has 0 saturated carbocycles. The Morgan fingerprint density at radius 3 is 2.00 bits per heavy atom. The van der Waals surface area contributed by atoms with E-state index < -0.39 is 30.2 Å². The number of carboxylic acid groups (broad SMARTS) is 2. The second kappa shape index (κ2) is 18.7. The maximum atomic E-state index is 13.2. The molecule has 0 spiro atoms. The molecule has 0 radical (unpaired) electrons. The van der Waals surface area contributed by atoms with Crippen molar-refractivity contribution in [3.05, 3.63) is 107 Å². The van der Waals surface area contributed by atoms with E-state index in [0.29, 0.717) is 24.5 Å². The van der Waals surface area contributed by atoms with Crippen LogP contribution in [-0.2, 0) is 27.5 Å². The van der Waals surface area contributed by atoms with E-state index in [-0.39, 0.29) is 24.4 Å². The van der Waals surface area contributed by atoms with Crippen molar-refractivity contribution < 1.29 is 65.7 Å². The number of carbonyl (C=O) groups excluding carboxylic acids is 2. The SMILES string of the molecule is Cc1cc(COc2ccc(C(=O)NC3[C@@H](CC(=O)NO)CCN3Cc3ccccc3)cc2)c2ccccc2n1.O=C(O)C(F)(F)F.O=C(O)C(F)(F)F. The number of benzene rings is 3. The van der Waals surface area contributed by atoms with Crippen LogP contribution in [0.15, 0.2) is 84.9 Å². The van der Waals surface area contributed by atoms with Gasteiger partial charge in [-0.1, -0.05) is 48.5 Å². The first kappa shape index (κ1) is 41.7. The number of carbonyl (C=O) groups is 4. The number of alkyl halides is 6. The summed E-state index contributed by atoms with van der Waals surface area (Å²) in [6.07, 6.45) is -9.64. The number of nitrogens with zero attached hydrogens (tertiary/aromatic N) is 2. The number of rotatable bonds is 9.